The number of nitrogens with zero attached hydrogens (tertiary/aromatic N) is 2. The molecular formula is C24H27ClN3O3-. The molecule has 2 atom stereocenters. The number of hydrogen-bond acceptors (Lipinski definition) is 5. The molecule has 0 unspecified atom stereocenters. The molecule has 1 aliphatic carbocycles. The van der Waals surface area contributed by atoms with Crippen molar-refractivity contribution < 1.29 is 14.7 Å². The number of carboxylic acid groups (broad SMARTS) is 1. The third kappa shape index (κ3) is 5.13. The minimum atomic E-state index is -1.12. The highest BCUT2D eigenvalue weighted by atomic mass is 35.5. The fraction of sp³-hybridized carbons (Fsp3) is 0.417. The number of carbonyl (C=O) groups is 2. The van der Waals surface area contributed by atoms with Gasteiger partial charge in [0.2, 0.25) is 5.91 Å². The van der Waals surface area contributed by atoms with Gasteiger partial charge in [0.05, 0.1) is 0 Å². The highest BCUT2D eigenvalue weighted by Crippen LogP contribution is 2.31. The summed E-state index contributed by atoms with van der Waals surface area (Å²) in [6, 6.07) is 15.7. The Bertz CT molecular complexity index is 926. The molecule has 0 spiro atoms. The van der Waals surface area contributed by atoms with Crippen LogP contribution in [0, 0.1) is 11.8 Å². The van der Waals surface area contributed by atoms with E-state index in [0.29, 0.717) is 18.5 Å². The molecule has 1 heterocycles. The van der Waals surface area contributed by atoms with Crippen molar-refractivity contribution in [2.75, 3.05) is 41.3 Å². The summed E-state index contributed by atoms with van der Waals surface area (Å²) in [6.45, 7) is 3.61. The van der Waals surface area contributed by atoms with Crippen molar-refractivity contribution in [3.63, 3.8) is 0 Å². The lowest BCUT2D eigenvalue weighted by atomic mass is 9.78. The van der Waals surface area contributed by atoms with Crippen LogP contribution in [0.15, 0.2) is 48.5 Å². The van der Waals surface area contributed by atoms with E-state index in [1.165, 1.54) is 0 Å². The van der Waals surface area contributed by atoms with E-state index < -0.39 is 17.8 Å². The molecule has 164 valence electrons. The number of anilines is 3. The largest absolute Gasteiger partial charge is 0.550 e. The minimum absolute atomic E-state index is 0.225. The highest BCUT2D eigenvalue weighted by Gasteiger charge is 2.31. The summed E-state index contributed by atoms with van der Waals surface area (Å²) in [7, 11) is 0. The second-order valence-electron chi connectivity index (χ2n) is 8.31. The summed E-state index contributed by atoms with van der Waals surface area (Å²) < 4.78 is 0. The molecule has 4 rings (SSSR count). The lowest BCUT2D eigenvalue weighted by Gasteiger charge is -2.37. The zero-order chi connectivity index (χ0) is 21.8. The van der Waals surface area contributed by atoms with Gasteiger partial charge in [-0.25, -0.2) is 0 Å². The quantitative estimate of drug-likeness (QED) is 0.772. The molecular weight excluding hydrogens is 414 g/mol. The molecule has 2 fully saturated rings. The smallest absolute Gasteiger partial charge is 0.228 e. The van der Waals surface area contributed by atoms with Gasteiger partial charge in [0.15, 0.2) is 0 Å². The van der Waals surface area contributed by atoms with Gasteiger partial charge in [0.25, 0.3) is 0 Å². The first-order chi connectivity index (χ1) is 15.0. The molecule has 1 amide bonds. The number of halogens is 1. The van der Waals surface area contributed by atoms with Gasteiger partial charge in [-0.05, 0) is 55.3 Å². The highest BCUT2D eigenvalue weighted by molar-refractivity contribution is 6.30. The van der Waals surface area contributed by atoms with Crippen LogP contribution in [0.3, 0.4) is 0 Å². The molecule has 2 aromatic carbocycles. The SMILES string of the molecule is O=C([O-])[C@H]1CCCC[C@@H]1C(=O)Nc1ccc(N2CCN(c3cccc(Cl)c3)CC2)cc1. The van der Waals surface area contributed by atoms with E-state index in [-0.39, 0.29) is 5.91 Å². The number of rotatable bonds is 5. The van der Waals surface area contributed by atoms with E-state index in [1.807, 2.05) is 42.5 Å². The molecule has 0 bridgehead atoms. The Kier molecular flexibility index (Phi) is 6.66. The molecule has 2 aromatic rings. The lowest BCUT2D eigenvalue weighted by molar-refractivity contribution is -0.313. The van der Waals surface area contributed by atoms with Crippen LogP contribution in [0.5, 0.6) is 0 Å². The van der Waals surface area contributed by atoms with Crippen LogP contribution < -0.4 is 20.2 Å². The van der Waals surface area contributed by atoms with Crippen LogP contribution in [-0.2, 0) is 9.59 Å². The predicted molar refractivity (Wildman–Crippen MR) is 121 cm³/mol. The molecule has 1 N–H and O–H groups in total. The van der Waals surface area contributed by atoms with Gasteiger partial charge in [-0.15, -0.1) is 0 Å². The Hall–Kier alpha value is -2.73. The van der Waals surface area contributed by atoms with Crippen LogP contribution in [0.1, 0.15) is 25.7 Å². The van der Waals surface area contributed by atoms with Gasteiger partial charge in [-0.2, -0.15) is 0 Å². The predicted octanol–water partition coefficient (Wildman–Crippen LogP) is 3.16. The summed E-state index contributed by atoms with van der Waals surface area (Å²) in [5, 5.41) is 15.0. The summed E-state index contributed by atoms with van der Waals surface area (Å²) in [4.78, 5) is 28.6. The van der Waals surface area contributed by atoms with Gasteiger partial charge >= 0.3 is 0 Å². The van der Waals surface area contributed by atoms with Crippen LogP contribution in [0.2, 0.25) is 5.02 Å². The van der Waals surface area contributed by atoms with Crippen molar-refractivity contribution >= 4 is 40.5 Å². The number of aliphatic carboxylic acids is 1. The van der Waals surface area contributed by atoms with Gasteiger partial charge in [-0.1, -0.05) is 30.5 Å². The van der Waals surface area contributed by atoms with E-state index in [4.69, 9.17) is 11.6 Å². The van der Waals surface area contributed by atoms with Crippen molar-refractivity contribution in [3.05, 3.63) is 53.6 Å². The van der Waals surface area contributed by atoms with E-state index in [0.717, 1.165) is 55.4 Å². The first-order valence-corrected chi connectivity index (χ1v) is 11.3. The van der Waals surface area contributed by atoms with Crippen molar-refractivity contribution in [3.8, 4) is 0 Å². The summed E-state index contributed by atoms with van der Waals surface area (Å²) in [5.74, 6) is -2.55. The first-order valence-electron chi connectivity index (χ1n) is 10.9. The van der Waals surface area contributed by atoms with Crippen LogP contribution in [0.4, 0.5) is 17.1 Å². The lowest BCUT2D eigenvalue weighted by Crippen LogP contribution is -2.46. The van der Waals surface area contributed by atoms with Gasteiger partial charge in [0.1, 0.15) is 0 Å². The Balaban J connectivity index is 1.33. The van der Waals surface area contributed by atoms with E-state index in [1.54, 1.807) is 0 Å². The topological polar surface area (TPSA) is 75.7 Å². The van der Waals surface area contributed by atoms with E-state index in [9.17, 15) is 14.7 Å². The Morgan fingerprint density at radius 2 is 1.48 bits per heavy atom. The first kappa shape index (κ1) is 21.5. The number of nitrogens with one attached hydrogen (secondary N) is 1. The van der Waals surface area contributed by atoms with Crippen LogP contribution in [-0.4, -0.2) is 38.1 Å². The van der Waals surface area contributed by atoms with E-state index in [2.05, 4.69) is 21.2 Å². The number of piperazine rings is 1. The normalized spacial score (nSPS) is 21.6. The number of hydrogen-bond donors (Lipinski definition) is 1. The Morgan fingerprint density at radius 3 is 2.10 bits per heavy atom. The Labute approximate surface area is 187 Å². The number of carboxylic acids is 1. The average molecular weight is 441 g/mol. The zero-order valence-electron chi connectivity index (χ0n) is 17.4. The van der Waals surface area contributed by atoms with Gasteiger partial charge in [0, 0.05) is 66.1 Å². The van der Waals surface area contributed by atoms with Crippen molar-refractivity contribution in [2.24, 2.45) is 11.8 Å². The molecule has 7 heteroatoms. The molecule has 2 aliphatic rings. The van der Waals surface area contributed by atoms with Gasteiger partial charge in [-0.3, -0.25) is 4.79 Å². The molecule has 0 radical (unpaired) electrons. The molecule has 0 aromatic heterocycles. The number of carbonyl (C=O) groups excluding carboxylic acids is 2. The third-order valence-electron chi connectivity index (χ3n) is 6.36. The fourth-order valence-electron chi connectivity index (χ4n) is 4.61. The summed E-state index contributed by atoms with van der Waals surface area (Å²) in [5.41, 5.74) is 2.94. The fourth-order valence-corrected chi connectivity index (χ4v) is 4.80. The molecule has 31 heavy (non-hydrogen) atoms. The maximum absolute atomic E-state index is 12.6. The molecule has 1 saturated carbocycles. The molecule has 6 nitrogen and oxygen atoms in total. The van der Waals surface area contributed by atoms with Gasteiger partial charge < -0.3 is 25.0 Å². The molecule has 1 aliphatic heterocycles. The standard InChI is InChI=1S/C24H28ClN3O3/c25-17-4-3-5-20(16-17)28-14-12-27(13-15-28)19-10-8-18(9-11-19)26-23(29)21-6-1-2-7-22(21)24(30)31/h3-5,8-11,16,21-22H,1-2,6-7,12-15H2,(H,26,29)(H,30,31)/p-1/t21-,22-/m0/s1. The summed E-state index contributed by atoms with van der Waals surface area (Å²) in [6.07, 6.45) is 2.82. The molecule has 1 saturated heterocycles. The maximum Gasteiger partial charge on any atom is 0.228 e. The van der Waals surface area contributed by atoms with Crippen LogP contribution in [0.25, 0.3) is 0 Å². The Morgan fingerprint density at radius 1 is 0.871 bits per heavy atom. The third-order valence-corrected chi connectivity index (χ3v) is 6.59. The zero-order valence-corrected chi connectivity index (χ0v) is 18.2. The average Bonchev–Trinajstić information content (AvgIpc) is 2.79. The second kappa shape index (κ2) is 9.60. The van der Waals surface area contributed by atoms with Crippen LogP contribution >= 0.6 is 11.6 Å². The van der Waals surface area contributed by atoms with E-state index >= 15 is 0 Å². The van der Waals surface area contributed by atoms with Crippen molar-refractivity contribution in [2.45, 2.75) is 25.7 Å². The monoisotopic (exact) mass is 440 g/mol. The van der Waals surface area contributed by atoms with Crippen molar-refractivity contribution in [1.82, 2.24) is 0 Å². The minimum Gasteiger partial charge on any atom is -0.550 e. The number of amides is 1. The summed E-state index contributed by atoms with van der Waals surface area (Å²) >= 11 is 6.11. The number of benzene rings is 2. The van der Waals surface area contributed by atoms with Crippen molar-refractivity contribution in [1.29, 1.82) is 0 Å². The second-order valence-corrected chi connectivity index (χ2v) is 8.74. The maximum atomic E-state index is 12.6.